The highest BCUT2D eigenvalue weighted by molar-refractivity contribution is 5.93. The molecule has 8 nitrogen and oxygen atoms in total. The molecule has 0 aliphatic carbocycles. The van der Waals surface area contributed by atoms with Crippen LogP contribution in [0.3, 0.4) is 0 Å². The van der Waals surface area contributed by atoms with Crippen LogP contribution in [-0.4, -0.2) is 46.5 Å². The van der Waals surface area contributed by atoms with Crippen LogP contribution in [0.4, 0.5) is 30.2 Å². The van der Waals surface area contributed by atoms with Gasteiger partial charge in [-0.3, -0.25) is 4.79 Å². The van der Waals surface area contributed by atoms with Gasteiger partial charge in [-0.1, -0.05) is 0 Å². The van der Waals surface area contributed by atoms with Gasteiger partial charge in [0.25, 0.3) is 5.56 Å². The molecule has 3 N–H and O–H groups in total. The summed E-state index contributed by atoms with van der Waals surface area (Å²) in [4.78, 5) is 22.6. The molecule has 3 heterocycles. The van der Waals surface area contributed by atoms with Crippen molar-refractivity contribution < 1.29 is 17.9 Å². The van der Waals surface area contributed by atoms with E-state index < -0.39 is 12.3 Å². The molecule has 2 aromatic heterocycles. The summed E-state index contributed by atoms with van der Waals surface area (Å²) in [7, 11) is 1.69. The normalized spacial score (nSPS) is 18.0. The molecule has 32 heavy (non-hydrogen) atoms. The van der Waals surface area contributed by atoms with E-state index in [1.54, 1.807) is 30.1 Å². The number of nitrogens with zero attached hydrogens (tertiary/aromatic N) is 4. The van der Waals surface area contributed by atoms with E-state index in [-0.39, 0.29) is 24.8 Å². The first-order chi connectivity index (χ1) is 15.1. The van der Waals surface area contributed by atoms with E-state index in [2.05, 4.69) is 15.3 Å². The van der Waals surface area contributed by atoms with Gasteiger partial charge >= 0.3 is 6.18 Å². The average molecular weight is 448 g/mol. The van der Waals surface area contributed by atoms with Crippen molar-refractivity contribution in [1.82, 2.24) is 14.5 Å². The Hall–Kier alpha value is -3.34. The molecule has 2 unspecified atom stereocenters. The quantitative estimate of drug-likeness (QED) is 0.593. The Morgan fingerprint density at radius 1 is 1.25 bits per heavy atom. The maximum Gasteiger partial charge on any atom is 0.416 e. The van der Waals surface area contributed by atoms with Gasteiger partial charge in [-0.15, -0.1) is 0 Å². The maximum absolute atomic E-state index is 13.0. The molecule has 170 valence electrons. The van der Waals surface area contributed by atoms with Gasteiger partial charge in [0.1, 0.15) is 5.82 Å². The number of fused-ring (bicyclic) bond motifs is 1. The summed E-state index contributed by atoms with van der Waals surface area (Å²) in [6.07, 6.45) is -3.26. The number of hydrogen-bond donors (Lipinski definition) is 2. The molecule has 3 aromatic rings. The first-order valence-corrected chi connectivity index (χ1v) is 10.0. The monoisotopic (exact) mass is 448 g/mol. The minimum absolute atomic E-state index is 0.0247. The number of aromatic nitrogens is 3. The number of pyridine rings is 1. The number of nitrogen functional groups attached to an aromatic ring is 1. The number of benzene rings is 1. The summed E-state index contributed by atoms with van der Waals surface area (Å²) in [6, 6.07) is 6.41. The lowest BCUT2D eigenvalue weighted by atomic mass is 10.1. The van der Waals surface area contributed by atoms with E-state index in [9.17, 15) is 18.0 Å². The fourth-order valence-corrected chi connectivity index (χ4v) is 3.70. The summed E-state index contributed by atoms with van der Waals surface area (Å²) in [6.45, 7) is 1.83. The number of anilines is 3. The third-order valence-electron chi connectivity index (χ3n) is 5.48. The van der Waals surface area contributed by atoms with Gasteiger partial charge in [0.05, 0.1) is 42.8 Å². The molecule has 0 amide bonds. The molecule has 1 aliphatic heterocycles. The van der Waals surface area contributed by atoms with Crippen LogP contribution in [0, 0.1) is 0 Å². The van der Waals surface area contributed by atoms with E-state index >= 15 is 0 Å². The molecule has 1 aliphatic rings. The molecule has 0 bridgehead atoms. The lowest BCUT2D eigenvalue weighted by Gasteiger charge is -2.34. The minimum Gasteiger partial charge on any atom is -0.399 e. The first-order valence-electron chi connectivity index (χ1n) is 10.0. The zero-order chi connectivity index (χ0) is 23.0. The van der Waals surface area contributed by atoms with E-state index in [0.717, 1.165) is 10.9 Å². The highest BCUT2D eigenvalue weighted by atomic mass is 19.4. The maximum atomic E-state index is 13.0. The zero-order valence-corrected chi connectivity index (χ0v) is 17.6. The molecule has 0 radical (unpaired) electrons. The van der Waals surface area contributed by atoms with Crippen LogP contribution < -0.4 is 21.5 Å². The van der Waals surface area contributed by atoms with Crippen LogP contribution in [-0.2, 0) is 11.8 Å². The number of alkyl halides is 3. The summed E-state index contributed by atoms with van der Waals surface area (Å²) in [5.74, 6) is 0.437. The number of ether oxygens (including phenoxy) is 1. The van der Waals surface area contributed by atoms with Gasteiger partial charge in [0, 0.05) is 36.4 Å². The van der Waals surface area contributed by atoms with Gasteiger partial charge in [0.15, 0.2) is 6.10 Å². The fraction of sp³-hybridized carbons (Fsp3) is 0.381. The molecule has 2 atom stereocenters. The van der Waals surface area contributed by atoms with E-state index in [1.165, 1.54) is 23.0 Å². The topological polar surface area (TPSA) is 98.3 Å². The summed E-state index contributed by atoms with van der Waals surface area (Å²) < 4.78 is 45.3. The highest BCUT2D eigenvalue weighted by Gasteiger charge is 2.43. The summed E-state index contributed by atoms with van der Waals surface area (Å²) >= 11 is 0. The van der Waals surface area contributed by atoms with Gasteiger partial charge < -0.3 is 25.3 Å². The van der Waals surface area contributed by atoms with Crippen LogP contribution in [0.5, 0.6) is 0 Å². The Balaban J connectivity index is 1.54. The first kappa shape index (κ1) is 21.9. The Morgan fingerprint density at radius 3 is 2.66 bits per heavy atom. The number of morpholine rings is 1. The van der Waals surface area contributed by atoms with Gasteiger partial charge in [-0.25, -0.2) is 9.97 Å². The molecular formula is C21H23F3N6O2. The Kier molecular flexibility index (Phi) is 5.68. The minimum atomic E-state index is -4.42. The Morgan fingerprint density at radius 2 is 1.97 bits per heavy atom. The molecule has 11 heteroatoms. The number of halogens is 3. The predicted octanol–water partition coefficient (Wildman–Crippen LogP) is 2.85. The van der Waals surface area contributed by atoms with Crippen LogP contribution in [0.15, 0.2) is 41.5 Å². The van der Waals surface area contributed by atoms with Crippen molar-refractivity contribution in [3.05, 3.63) is 52.8 Å². The third-order valence-corrected chi connectivity index (χ3v) is 5.48. The van der Waals surface area contributed by atoms with Gasteiger partial charge in [-0.05, 0) is 25.1 Å². The SMILES string of the molecule is CC(Nc1cc(=O)n(C)c2ccc(N)cc12)c1ncc(N2CCOC(C(F)(F)F)C2)cn1. The molecule has 1 aromatic carbocycles. The predicted molar refractivity (Wildman–Crippen MR) is 116 cm³/mol. The molecule has 0 saturated carbocycles. The Labute approximate surface area is 181 Å². The van der Waals surface area contributed by atoms with Crippen molar-refractivity contribution in [2.24, 2.45) is 7.05 Å². The van der Waals surface area contributed by atoms with Crippen molar-refractivity contribution >= 4 is 28.0 Å². The highest BCUT2D eigenvalue weighted by Crippen LogP contribution is 2.29. The van der Waals surface area contributed by atoms with Crippen molar-refractivity contribution in [2.75, 3.05) is 35.6 Å². The smallest absolute Gasteiger partial charge is 0.399 e. The number of nitrogens with one attached hydrogen (secondary N) is 1. The lowest BCUT2D eigenvalue weighted by molar-refractivity contribution is -0.221. The van der Waals surface area contributed by atoms with Crippen LogP contribution in [0.1, 0.15) is 18.8 Å². The molecule has 1 fully saturated rings. The van der Waals surface area contributed by atoms with Crippen molar-refractivity contribution in [3.63, 3.8) is 0 Å². The van der Waals surface area contributed by atoms with E-state index in [4.69, 9.17) is 10.5 Å². The second-order valence-corrected chi connectivity index (χ2v) is 7.74. The lowest BCUT2D eigenvalue weighted by Crippen LogP contribution is -2.49. The standard InChI is InChI=1S/C21H23F3N6O2/c1-12(28-16-8-19(31)29(2)17-4-3-13(25)7-15(16)17)20-26-9-14(10-27-20)30-5-6-32-18(11-30)21(22,23)24/h3-4,7-10,12,18,28H,5-6,11,25H2,1-2H3. The van der Waals surface area contributed by atoms with Crippen LogP contribution >= 0.6 is 0 Å². The number of aryl methyl sites for hydroxylation is 1. The molecule has 1 saturated heterocycles. The van der Waals surface area contributed by atoms with Crippen molar-refractivity contribution in [3.8, 4) is 0 Å². The Bertz CT molecular complexity index is 1180. The van der Waals surface area contributed by atoms with Gasteiger partial charge in [0.2, 0.25) is 0 Å². The number of hydrogen-bond acceptors (Lipinski definition) is 7. The van der Waals surface area contributed by atoms with Crippen LogP contribution in [0.2, 0.25) is 0 Å². The van der Waals surface area contributed by atoms with Crippen LogP contribution in [0.25, 0.3) is 10.9 Å². The third kappa shape index (κ3) is 4.33. The fourth-order valence-electron chi connectivity index (χ4n) is 3.70. The van der Waals surface area contributed by atoms with Gasteiger partial charge in [-0.2, -0.15) is 13.2 Å². The zero-order valence-electron chi connectivity index (χ0n) is 17.6. The molecule has 0 spiro atoms. The molecule has 4 rings (SSSR count). The number of rotatable bonds is 4. The van der Waals surface area contributed by atoms with E-state index in [1.807, 2.05) is 6.92 Å². The van der Waals surface area contributed by atoms with Crippen molar-refractivity contribution in [1.29, 1.82) is 0 Å². The van der Waals surface area contributed by atoms with E-state index in [0.29, 0.717) is 29.4 Å². The average Bonchev–Trinajstić information content (AvgIpc) is 2.77. The molecular weight excluding hydrogens is 425 g/mol. The second kappa shape index (κ2) is 8.30. The second-order valence-electron chi connectivity index (χ2n) is 7.74. The van der Waals surface area contributed by atoms with Crippen molar-refractivity contribution in [2.45, 2.75) is 25.2 Å². The number of nitrogens with two attached hydrogens (primary N) is 1. The largest absolute Gasteiger partial charge is 0.416 e. The summed E-state index contributed by atoms with van der Waals surface area (Å²) in [5.41, 5.74) is 8.12. The summed E-state index contributed by atoms with van der Waals surface area (Å²) in [5, 5.41) is 4.03.